The molecule has 0 radical (unpaired) electrons. The van der Waals surface area contributed by atoms with Crippen LogP contribution in [0.25, 0.3) is 5.57 Å². The van der Waals surface area contributed by atoms with Crippen molar-refractivity contribution in [1.29, 1.82) is 0 Å². The molecule has 174 valence electrons. The number of alkyl halides is 7. The number of benzene rings is 1. The van der Waals surface area contributed by atoms with Gasteiger partial charge in [-0.05, 0) is 45.4 Å². The first-order valence-corrected chi connectivity index (χ1v) is 10.1. The summed E-state index contributed by atoms with van der Waals surface area (Å²) in [7, 11) is 1.21. The third-order valence-corrected chi connectivity index (χ3v) is 6.17. The molecule has 1 heterocycles. The van der Waals surface area contributed by atoms with Gasteiger partial charge < -0.3 is 5.73 Å². The molecule has 0 saturated carbocycles. The number of nitrogens with zero attached hydrogens (tertiary/aromatic N) is 3. The highest BCUT2D eigenvalue weighted by atomic mass is 79.9. The number of aldehydes is 1. The molecule has 5 nitrogen and oxygen atoms in total. The number of aryl methyl sites for hydroxylation is 1. The summed E-state index contributed by atoms with van der Waals surface area (Å²) in [4.78, 5) is 15.0. The van der Waals surface area contributed by atoms with Gasteiger partial charge in [0.15, 0.2) is 12.1 Å². The van der Waals surface area contributed by atoms with E-state index >= 15 is 0 Å². The highest BCUT2D eigenvalue weighted by Crippen LogP contribution is 2.55. The number of aromatic nitrogens is 2. The summed E-state index contributed by atoms with van der Waals surface area (Å²) in [6, 6.07) is 4.34. The van der Waals surface area contributed by atoms with Gasteiger partial charge in [-0.3, -0.25) is 4.79 Å². The third-order valence-electron chi connectivity index (χ3n) is 3.84. The molecule has 0 amide bonds. The van der Waals surface area contributed by atoms with Crippen molar-refractivity contribution in [2.24, 2.45) is 17.8 Å². The number of hydrogen-bond acceptors (Lipinski definition) is 5. The Morgan fingerprint density at radius 2 is 1.88 bits per heavy atom. The monoisotopic (exact) mass is 566 g/mol. The molecule has 0 bridgehead atoms. The van der Waals surface area contributed by atoms with Crippen LogP contribution in [-0.2, 0) is 7.05 Å². The lowest BCUT2D eigenvalue weighted by Gasteiger charge is -2.26. The normalized spacial score (nSPS) is 13.8. The molecule has 0 unspecified atom stereocenters. The first-order chi connectivity index (χ1) is 14.7. The molecule has 0 saturated heterocycles. The fourth-order valence-corrected chi connectivity index (χ4v) is 3.85. The number of thioether (sulfide) groups is 1. The van der Waals surface area contributed by atoms with Crippen molar-refractivity contribution in [3.05, 3.63) is 45.0 Å². The molecule has 1 aromatic carbocycles. The second-order valence-corrected chi connectivity index (χ2v) is 8.30. The summed E-state index contributed by atoms with van der Waals surface area (Å²) in [5.41, 5.74) is 6.37. The van der Waals surface area contributed by atoms with Gasteiger partial charge in [-0.15, -0.1) is 0 Å². The summed E-state index contributed by atoms with van der Waals surface area (Å²) in [6.07, 6.45) is -3.70. The molecular formula is C17H11BrClF7N4OS. The maximum Gasteiger partial charge on any atom is 0.460 e. The summed E-state index contributed by atoms with van der Waals surface area (Å²) >= 11 is 7.63. The Morgan fingerprint density at radius 1 is 1.25 bits per heavy atom. The predicted molar refractivity (Wildman–Crippen MR) is 110 cm³/mol. The second-order valence-electron chi connectivity index (χ2n) is 5.99. The minimum atomic E-state index is -6.47. The molecule has 0 atom stereocenters. The number of hydrogen-bond donors (Lipinski definition) is 1. The van der Waals surface area contributed by atoms with Crippen LogP contribution in [0.5, 0.6) is 0 Å². The number of aliphatic imine (C=N–C) groups is 1. The summed E-state index contributed by atoms with van der Waals surface area (Å²) < 4.78 is 91.4. The topological polar surface area (TPSA) is 73.3 Å². The molecular weight excluding hydrogens is 557 g/mol. The van der Waals surface area contributed by atoms with Crippen LogP contribution in [0.3, 0.4) is 0 Å². The molecule has 2 aromatic rings. The molecule has 32 heavy (non-hydrogen) atoms. The summed E-state index contributed by atoms with van der Waals surface area (Å²) in [5, 5.41) is -2.67. The Morgan fingerprint density at radius 3 is 2.41 bits per heavy atom. The largest absolute Gasteiger partial charge is 0.460 e. The zero-order valence-electron chi connectivity index (χ0n) is 15.6. The number of allylic oxidation sites excluding steroid dienone is 1. The van der Waals surface area contributed by atoms with Crippen LogP contribution in [0.15, 0.2) is 38.9 Å². The van der Waals surface area contributed by atoms with Crippen molar-refractivity contribution in [1.82, 2.24) is 9.78 Å². The van der Waals surface area contributed by atoms with Gasteiger partial charge in [0.25, 0.3) is 0 Å². The third kappa shape index (κ3) is 5.12. The summed E-state index contributed by atoms with van der Waals surface area (Å²) in [5.74, 6) is -6.48. The van der Waals surface area contributed by atoms with Gasteiger partial charge in [0.05, 0.1) is 9.50 Å². The van der Waals surface area contributed by atoms with E-state index in [-0.39, 0.29) is 26.4 Å². The quantitative estimate of drug-likeness (QED) is 0.186. The SMILES string of the molecule is Cn1nc(SC(F)(F)C(F)(F)C(F)(F)F)c(Br)c1N=CC(=CN)c1ccc(Cl)c(C=O)c1. The second kappa shape index (κ2) is 9.43. The maximum absolute atomic E-state index is 13.7. The highest BCUT2D eigenvalue weighted by molar-refractivity contribution is 9.10. The van der Waals surface area contributed by atoms with Crippen LogP contribution >= 0.6 is 39.3 Å². The fraction of sp³-hybridized carbons (Fsp3) is 0.235. The van der Waals surface area contributed by atoms with Crippen molar-refractivity contribution in [3.63, 3.8) is 0 Å². The van der Waals surface area contributed by atoms with Crippen LogP contribution in [0.4, 0.5) is 36.6 Å². The Balaban J connectivity index is 2.37. The van der Waals surface area contributed by atoms with E-state index in [2.05, 4.69) is 26.0 Å². The van der Waals surface area contributed by atoms with E-state index in [0.717, 1.165) is 17.1 Å². The van der Waals surface area contributed by atoms with Crippen molar-refractivity contribution in [2.75, 3.05) is 0 Å². The molecule has 0 aliphatic carbocycles. The Kier molecular flexibility index (Phi) is 7.72. The predicted octanol–water partition coefficient (Wildman–Crippen LogP) is 6.23. The van der Waals surface area contributed by atoms with E-state index in [9.17, 15) is 35.5 Å². The molecule has 0 spiro atoms. The lowest BCUT2D eigenvalue weighted by Crippen LogP contribution is -2.50. The highest BCUT2D eigenvalue weighted by Gasteiger charge is 2.73. The van der Waals surface area contributed by atoms with Crippen LogP contribution < -0.4 is 5.73 Å². The van der Waals surface area contributed by atoms with Crippen molar-refractivity contribution < 1.29 is 35.5 Å². The van der Waals surface area contributed by atoms with Crippen LogP contribution in [0.1, 0.15) is 15.9 Å². The minimum absolute atomic E-state index is 0.158. The lowest BCUT2D eigenvalue weighted by atomic mass is 10.1. The van der Waals surface area contributed by atoms with Gasteiger partial charge >= 0.3 is 17.4 Å². The molecule has 0 aliphatic rings. The zero-order valence-corrected chi connectivity index (χ0v) is 18.8. The van der Waals surface area contributed by atoms with Gasteiger partial charge in [-0.1, -0.05) is 17.7 Å². The van der Waals surface area contributed by atoms with E-state index in [1.54, 1.807) is 0 Å². The van der Waals surface area contributed by atoms with Gasteiger partial charge in [-0.2, -0.15) is 35.8 Å². The van der Waals surface area contributed by atoms with Gasteiger partial charge in [0.1, 0.15) is 5.03 Å². The average molecular weight is 568 g/mol. The van der Waals surface area contributed by atoms with E-state index in [0.29, 0.717) is 11.8 Å². The molecule has 0 fully saturated rings. The van der Waals surface area contributed by atoms with Crippen molar-refractivity contribution >= 4 is 63.2 Å². The number of rotatable bonds is 7. The average Bonchev–Trinajstić information content (AvgIpc) is 2.95. The Bertz CT molecular complexity index is 1090. The standard InChI is InChI=1S/C17H11BrClF7N4OS/c1-30-13(28-6-10(5-27)8-2-3-11(19)9(4-8)7-31)12(18)14(29-30)32-17(25,26)15(20,21)16(22,23)24/h2-7H,27H2,1H3. The number of halogens is 9. The molecule has 0 aliphatic heterocycles. The number of carbonyl (C=O) groups excluding carboxylic acids is 1. The van der Waals surface area contributed by atoms with Gasteiger partial charge in [0, 0.05) is 30.6 Å². The minimum Gasteiger partial charge on any atom is -0.404 e. The van der Waals surface area contributed by atoms with Gasteiger partial charge in [-0.25, -0.2) is 9.67 Å². The van der Waals surface area contributed by atoms with Crippen LogP contribution in [-0.4, -0.2) is 39.6 Å². The van der Waals surface area contributed by atoms with E-state index < -0.39 is 34.1 Å². The smallest absolute Gasteiger partial charge is 0.404 e. The fourth-order valence-electron chi connectivity index (χ4n) is 2.18. The number of nitrogens with two attached hydrogens (primary N) is 1. The van der Waals surface area contributed by atoms with Gasteiger partial charge in [0.2, 0.25) is 0 Å². The van der Waals surface area contributed by atoms with E-state index in [4.69, 9.17) is 17.3 Å². The molecule has 2 rings (SSSR count). The molecule has 1 aromatic heterocycles. The molecule has 2 N–H and O–H groups in total. The molecule has 15 heteroatoms. The zero-order chi connectivity index (χ0) is 24.5. The first kappa shape index (κ1) is 26.2. The maximum atomic E-state index is 13.7. The lowest BCUT2D eigenvalue weighted by molar-refractivity contribution is -0.330. The Labute approximate surface area is 193 Å². The van der Waals surface area contributed by atoms with Crippen LogP contribution in [0, 0.1) is 0 Å². The van der Waals surface area contributed by atoms with Crippen LogP contribution in [0.2, 0.25) is 5.02 Å². The number of carbonyl (C=O) groups is 1. The summed E-state index contributed by atoms with van der Waals surface area (Å²) in [6.45, 7) is 0. The first-order valence-electron chi connectivity index (χ1n) is 8.11. The van der Waals surface area contributed by atoms with Crippen molar-refractivity contribution in [3.8, 4) is 0 Å². The van der Waals surface area contributed by atoms with Crippen molar-refractivity contribution in [2.45, 2.75) is 22.4 Å². The van der Waals surface area contributed by atoms with E-state index in [1.807, 2.05) is 0 Å². The van der Waals surface area contributed by atoms with E-state index in [1.165, 1.54) is 25.2 Å². The Hall–Kier alpha value is -2.06.